The Kier molecular flexibility index (Phi) is 2.74. The van der Waals surface area contributed by atoms with Crippen LogP contribution >= 0.6 is 0 Å². The van der Waals surface area contributed by atoms with Crippen LogP contribution < -0.4 is 5.32 Å². The summed E-state index contributed by atoms with van der Waals surface area (Å²) in [6.45, 7) is 1.27. The fourth-order valence-electron chi connectivity index (χ4n) is 4.03. The smallest absolute Gasteiger partial charge is 0.0481 e. The molecule has 0 amide bonds. The molecule has 3 heterocycles. The molecule has 1 aromatic rings. The molecule has 2 heteroatoms. The van der Waals surface area contributed by atoms with Gasteiger partial charge in [0.05, 0.1) is 0 Å². The Morgan fingerprint density at radius 3 is 2.90 bits per heavy atom. The van der Waals surface area contributed by atoms with Crippen LogP contribution in [0.3, 0.4) is 0 Å². The lowest BCUT2D eigenvalue weighted by atomic mass is 9.81. The van der Waals surface area contributed by atoms with Crippen molar-refractivity contribution in [2.45, 2.75) is 44.0 Å². The van der Waals surface area contributed by atoms with E-state index >= 15 is 0 Å². The molecule has 2 bridgehead atoms. The molecule has 3 fully saturated rings. The molecule has 0 radical (unpaired) electrons. The summed E-state index contributed by atoms with van der Waals surface area (Å²) in [7, 11) is 0. The van der Waals surface area contributed by atoms with E-state index in [2.05, 4.69) is 22.3 Å². The van der Waals surface area contributed by atoms with E-state index in [4.69, 9.17) is 4.11 Å². The van der Waals surface area contributed by atoms with Crippen LogP contribution in [0.5, 0.6) is 0 Å². The zero-order valence-corrected chi connectivity index (χ0v) is 12.1. The molecule has 0 aromatic heterocycles. The number of hydrogen-bond donors (Lipinski definition) is 1. The van der Waals surface area contributed by atoms with E-state index in [1.165, 1.54) is 5.56 Å². The summed E-state index contributed by atoms with van der Waals surface area (Å²) >= 11 is 0. The molecule has 20 heavy (non-hydrogen) atoms. The Bertz CT molecular complexity index is 583. The largest absolute Gasteiger partial charge is 0.312 e. The summed E-state index contributed by atoms with van der Waals surface area (Å²) in [4.78, 5) is 2.31. The predicted molar refractivity (Wildman–Crippen MR) is 83.1 cm³/mol. The van der Waals surface area contributed by atoms with Crippen molar-refractivity contribution in [3.8, 4) is 0 Å². The first-order chi connectivity index (χ1) is 11.0. The number of nitrogens with one attached hydrogen (secondary N) is 1. The van der Waals surface area contributed by atoms with E-state index in [1.807, 2.05) is 12.1 Å². The Balaban J connectivity index is 1.59. The SMILES string of the molecule is [2H]C([2H])(N[C@@]1([2H])CN2CCC1CC2)[C@@H]1CCCc2ccccc21. The van der Waals surface area contributed by atoms with Gasteiger partial charge < -0.3 is 10.2 Å². The van der Waals surface area contributed by atoms with E-state index in [0.29, 0.717) is 6.54 Å². The molecule has 108 valence electrons. The van der Waals surface area contributed by atoms with Crippen LogP contribution in [-0.4, -0.2) is 37.0 Å². The number of benzene rings is 1. The maximum atomic E-state index is 8.87. The van der Waals surface area contributed by atoms with Gasteiger partial charge in [-0.2, -0.15) is 0 Å². The van der Waals surface area contributed by atoms with Crippen molar-refractivity contribution in [3.05, 3.63) is 35.4 Å². The Morgan fingerprint density at radius 2 is 2.10 bits per heavy atom. The highest BCUT2D eigenvalue weighted by atomic mass is 15.2. The van der Waals surface area contributed by atoms with Gasteiger partial charge in [-0.05, 0) is 68.2 Å². The molecule has 2 nitrogen and oxygen atoms in total. The second kappa shape index (κ2) is 5.50. The third-order valence-electron chi connectivity index (χ3n) is 5.25. The van der Waals surface area contributed by atoms with Crippen LogP contribution in [0.25, 0.3) is 0 Å². The second-order valence-corrected chi connectivity index (χ2v) is 6.49. The quantitative estimate of drug-likeness (QED) is 0.911. The monoisotopic (exact) mass is 273 g/mol. The van der Waals surface area contributed by atoms with Crippen LogP contribution in [0, 0.1) is 5.92 Å². The molecular weight excluding hydrogens is 244 g/mol. The zero-order chi connectivity index (χ0) is 16.1. The standard InChI is InChI=1S/C18H26N2/c1-2-7-17-14(4-1)5-3-6-16(17)12-19-18-13-20-10-8-15(18)9-11-20/h1-2,4,7,15-16,18-19H,3,5-6,8-13H2/t16-,18-/m0/s1/i12D2,18D. The van der Waals surface area contributed by atoms with Crippen LogP contribution in [0.2, 0.25) is 0 Å². The molecule has 1 aromatic carbocycles. The molecule has 3 aliphatic heterocycles. The molecule has 0 unspecified atom stereocenters. The lowest BCUT2D eigenvalue weighted by molar-refractivity contribution is 0.0718. The Labute approximate surface area is 126 Å². The van der Waals surface area contributed by atoms with Crippen molar-refractivity contribution >= 4 is 0 Å². The van der Waals surface area contributed by atoms with Gasteiger partial charge in [-0.1, -0.05) is 24.3 Å². The van der Waals surface area contributed by atoms with Crippen LogP contribution in [0.4, 0.5) is 0 Å². The minimum absolute atomic E-state index is 0.148. The van der Waals surface area contributed by atoms with E-state index < -0.39 is 12.5 Å². The number of hydrogen-bond acceptors (Lipinski definition) is 2. The summed E-state index contributed by atoms with van der Waals surface area (Å²) in [6.07, 6.45) is 4.98. The fraction of sp³-hybridized carbons (Fsp3) is 0.667. The molecule has 0 saturated carbocycles. The number of fused-ring (bicyclic) bond motifs is 4. The van der Waals surface area contributed by atoms with Gasteiger partial charge in [0, 0.05) is 23.2 Å². The highest BCUT2D eigenvalue weighted by Gasteiger charge is 2.34. The van der Waals surface area contributed by atoms with Crippen molar-refractivity contribution in [3.63, 3.8) is 0 Å². The summed E-state index contributed by atoms with van der Waals surface area (Å²) in [5.41, 5.74) is 2.42. The average molecular weight is 273 g/mol. The highest BCUT2D eigenvalue weighted by molar-refractivity contribution is 5.32. The predicted octanol–water partition coefficient (Wildman–Crippen LogP) is 2.79. The number of piperidine rings is 3. The average Bonchev–Trinajstić information content (AvgIpc) is 2.54. The van der Waals surface area contributed by atoms with Gasteiger partial charge in [0.2, 0.25) is 0 Å². The van der Waals surface area contributed by atoms with Gasteiger partial charge in [0.15, 0.2) is 0 Å². The third kappa shape index (κ3) is 2.40. The van der Waals surface area contributed by atoms with Crippen molar-refractivity contribution in [2.24, 2.45) is 5.92 Å². The minimum atomic E-state index is -1.53. The summed E-state index contributed by atoms with van der Waals surface area (Å²) in [5, 5.41) is 3.17. The topological polar surface area (TPSA) is 15.3 Å². The van der Waals surface area contributed by atoms with Crippen molar-refractivity contribution < 1.29 is 4.11 Å². The van der Waals surface area contributed by atoms with Gasteiger partial charge in [0.25, 0.3) is 0 Å². The Hall–Kier alpha value is -0.860. The molecular formula is C18H26N2. The number of aryl methyl sites for hydroxylation is 1. The molecule has 4 aliphatic rings. The van der Waals surface area contributed by atoms with Crippen molar-refractivity contribution in [1.82, 2.24) is 10.2 Å². The van der Waals surface area contributed by atoms with Crippen molar-refractivity contribution in [2.75, 3.05) is 26.1 Å². The van der Waals surface area contributed by atoms with Crippen LogP contribution in [-0.2, 0) is 6.42 Å². The third-order valence-corrected chi connectivity index (χ3v) is 5.25. The van der Waals surface area contributed by atoms with E-state index in [9.17, 15) is 0 Å². The first-order valence-corrected chi connectivity index (χ1v) is 8.07. The van der Waals surface area contributed by atoms with Gasteiger partial charge in [-0.15, -0.1) is 0 Å². The van der Waals surface area contributed by atoms with Crippen molar-refractivity contribution in [1.29, 1.82) is 0 Å². The molecule has 1 aliphatic carbocycles. The van der Waals surface area contributed by atoms with E-state index in [1.54, 1.807) is 0 Å². The fourth-order valence-corrected chi connectivity index (χ4v) is 4.03. The van der Waals surface area contributed by atoms with Crippen LogP contribution in [0.1, 0.15) is 46.8 Å². The molecule has 1 N–H and O–H groups in total. The van der Waals surface area contributed by atoms with Gasteiger partial charge in [-0.3, -0.25) is 0 Å². The second-order valence-electron chi connectivity index (χ2n) is 6.49. The maximum Gasteiger partial charge on any atom is 0.0481 e. The van der Waals surface area contributed by atoms with E-state index in [-0.39, 0.29) is 11.8 Å². The molecule has 2 atom stereocenters. The number of rotatable bonds is 3. The highest BCUT2D eigenvalue weighted by Crippen LogP contribution is 2.32. The normalized spacial score (nSPS) is 42.4. The Morgan fingerprint density at radius 1 is 1.25 bits per heavy atom. The molecule has 3 saturated heterocycles. The molecule has 5 rings (SSSR count). The minimum Gasteiger partial charge on any atom is -0.312 e. The number of nitrogens with zero attached hydrogens (tertiary/aromatic N) is 1. The lowest BCUT2D eigenvalue weighted by Crippen LogP contribution is -2.56. The van der Waals surface area contributed by atoms with Gasteiger partial charge >= 0.3 is 0 Å². The van der Waals surface area contributed by atoms with Gasteiger partial charge in [-0.25, -0.2) is 0 Å². The summed E-state index contributed by atoms with van der Waals surface area (Å²) in [6, 6.07) is 7.42. The van der Waals surface area contributed by atoms with Crippen LogP contribution in [0.15, 0.2) is 24.3 Å². The zero-order valence-electron chi connectivity index (χ0n) is 15.1. The van der Waals surface area contributed by atoms with E-state index in [0.717, 1.165) is 50.8 Å². The van der Waals surface area contributed by atoms with Gasteiger partial charge in [0.1, 0.15) is 0 Å². The first kappa shape index (κ1) is 9.97. The maximum absolute atomic E-state index is 8.87. The first-order valence-electron chi connectivity index (χ1n) is 9.57. The molecule has 0 spiro atoms. The summed E-state index contributed by atoms with van der Waals surface area (Å²) < 4.78 is 26.3. The summed E-state index contributed by atoms with van der Waals surface area (Å²) in [5.74, 6) is 0.131. The lowest BCUT2D eigenvalue weighted by Gasteiger charge is -2.45.